The van der Waals surface area contributed by atoms with Crippen molar-refractivity contribution in [3.05, 3.63) is 17.3 Å². The quantitative estimate of drug-likeness (QED) is 0.785. The van der Waals surface area contributed by atoms with E-state index in [0.717, 1.165) is 6.42 Å². The number of ketones is 1. The van der Waals surface area contributed by atoms with Crippen molar-refractivity contribution in [2.24, 2.45) is 5.41 Å². The highest BCUT2D eigenvalue weighted by molar-refractivity contribution is 5.99. The van der Waals surface area contributed by atoms with Gasteiger partial charge in [0.1, 0.15) is 17.4 Å². The van der Waals surface area contributed by atoms with Gasteiger partial charge in [0.15, 0.2) is 11.7 Å². The molecule has 19 heavy (non-hydrogen) atoms. The second-order valence-corrected chi connectivity index (χ2v) is 5.62. The van der Waals surface area contributed by atoms with Gasteiger partial charge < -0.3 is 9.15 Å². The maximum atomic E-state index is 12.1. The van der Waals surface area contributed by atoms with Gasteiger partial charge >= 0.3 is 5.97 Å². The van der Waals surface area contributed by atoms with Gasteiger partial charge in [-0.2, -0.15) is 0 Å². The highest BCUT2D eigenvalue weighted by Crippen LogP contribution is 2.45. The fourth-order valence-electron chi connectivity index (χ4n) is 2.59. The molecule has 2 rings (SSSR count). The van der Waals surface area contributed by atoms with Gasteiger partial charge in [-0.1, -0.05) is 20.8 Å². The van der Waals surface area contributed by atoms with E-state index in [9.17, 15) is 9.59 Å². The minimum absolute atomic E-state index is 0.0637. The number of ether oxygens (including phenoxy) is 1. The second-order valence-electron chi connectivity index (χ2n) is 5.62. The van der Waals surface area contributed by atoms with Crippen LogP contribution in [0.3, 0.4) is 0 Å². The number of esters is 1. The molecule has 104 valence electrons. The minimum Gasteiger partial charge on any atom is -0.468 e. The molecule has 0 fully saturated rings. The number of carbonyl (C=O) groups excluding carboxylic acids is 2. The van der Waals surface area contributed by atoms with E-state index in [4.69, 9.17) is 9.15 Å². The van der Waals surface area contributed by atoms with Crippen LogP contribution in [-0.2, 0) is 16.0 Å². The predicted octanol–water partition coefficient (Wildman–Crippen LogP) is 2.50. The molecule has 0 saturated carbocycles. The zero-order valence-corrected chi connectivity index (χ0v) is 11.8. The van der Waals surface area contributed by atoms with E-state index in [2.05, 4.69) is 4.98 Å². The number of oxazole rings is 1. The molecule has 0 spiro atoms. The van der Waals surface area contributed by atoms with Gasteiger partial charge in [0.05, 0.1) is 7.11 Å². The molecule has 0 aliphatic heterocycles. The summed E-state index contributed by atoms with van der Waals surface area (Å²) in [5.41, 5.74) is -0.210. The van der Waals surface area contributed by atoms with E-state index >= 15 is 0 Å². The Morgan fingerprint density at radius 3 is 2.79 bits per heavy atom. The minimum atomic E-state index is -0.566. The summed E-state index contributed by atoms with van der Waals surface area (Å²) in [5, 5.41) is 0. The van der Waals surface area contributed by atoms with Gasteiger partial charge in [-0.3, -0.25) is 9.59 Å². The molecule has 0 unspecified atom stereocenters. The molecule has 1 heterocycles. The summed E-state index contributed by atoms with van der Waals surface area (Å²) in [7, 11) is 1.35. The van der Waals surface area contributed by atoms with E-state index < -0.39 is 11.3 Å². The molecule has 0 aromatic carbocycles. The summed E-state index contributed by atoms with van der Waals surface area (Å²) in [6.07, 6.45) is 1.81. The van der Waals surface area contributed by atoms with Crippen molar-refractivity contribution in [2.45, 2.75) is 46.0 Å². The van der Waals surface area contributed by atoms with E-state index in [1.165, 1.54) is 7.11 Å². The molecule has 1 aromatic rings. The zero-order valence-electron chi connectivity index (χ0n) is 11.8. The largest absolute Gasteiger partial charge is 0.468 e. The molecule has 5 heteroatoms. The van der Waals surface area contributed by atoms with Crippen LogP contribution < -0.4 is 0 Å². The first kappa shape index (κ1) is 13.8. The third kappa shape index (κ3) is 2.29. The Bertz CT molecular complexity index is 516. The highest BCUT2D eigenvalue weighted by Gasteiger charge is 2.48. The predicted molar refractivity (Wildman–Crippen MR) is 68.0 cm³/mol. The molecular formula is C14H19NO4. The standard InChI is InChI=1S/C14H19NO4/c1-5-6-9-15-11-8(16)7-14(2,3)10(12(11)19-9)13(17)18-4/h10H,5-7H2,1-4H3/t10-/m1/s1. The molecule has 0 amide bonds. The number of methoxy groups -OCH3 is 1. The number of aromatic nitrogens is 1. The average molecular weight is 265 g/mol. The fraction of sp³-hybridized carbons (Fsp3) is 0.643. The Labute approximate surface area is 112 Å². The van der Waals surface area contributed by atoms with Crippen molar-refractivity contribution in [3.63, 3.8) is 0 Å². The van der Waals surface area contributed by atoms with E-state index in [-0.39, 0.29) is 18.2 Å². The SMILES string of the molecule is CCCc1nc2c(o1)[C@H](C(=O)OC)C(C)(C)CC2=O. The molecule has 0 radical (unpaired) electrons. The molecule has 0 bridgehead atoms. The van der Waals surface area contributed by atoms with Gasteiger partial charge in [-0.15, -0.1) is 0 Å². The van der Waals surface area contributed by atoms with Crippen LogP contribution in [0.4, 0.5) is 0 Å². The molecule has 0 N–H and O–H groups in total. The van der Waals surface area contributed by atoms with Crippen molar-refractivity contribution in [3.8, 4) is 0 Å². The van der Waals surface area contributed by atoms with Crippen LogP contribution in [0.1, 0.15) is 61.7 Å². The van der Waals surface area contributed by atoms with Gasteiger partial charge in [-0.25, -0.2) is 4.98 Å². The number of hydrogen-bond acceptors (Lipinski definition) is 5. The summed E-state index contributed by atoms with van der Waals surface area (Å²) in [6.45, 7) is 5.75. The van der Waals surface area contributed by atoms with E-state index in [1.807, 2.05) is 20.8 Å². The average Bonchev–Trinajstić information content (AvgIpc) is 2.71. The van der Waals surface area contributed by atoms with Crippen LogP contribution in [0.2, 0.25) is 0 Å². The molecular weight excluding hydrogens is 246 g/mol. The van der Waals surface area contributed by atoms with Gasteiger partial charge in [0.2, 0.25) is 0 Å². The number of Topliss-reactive ketones (excluding diaryl/α,β-unsaturated/α-hetero) is 1. The van der Waals surface area contributed by atoms with E-state index in [0.29, 0.717) is 23.8 Å². The van der Waals surface area contributed by atoms with Crippen LogP contribution in [0.5, 0.6) is 0 Å². The third-order valence-electron chi connectivity index (χ3n) is 3.52. The number of rotatable bonds is 3. The fourth-order valence-corrected chi connectivity index (χ4v) is 2.59. The smallest absolute Gasteiger partial charge is 0.317 e. The Balaban J connectivity index is 2.51. The highest BCUT2D eigenvalue weighted by atomic mass is 16.5. The lowest BCUT2D eigenvalue weighted by Crippen LogP contribution is -2.36. The van der Waals surface area contributed by atoms with Crippen molar-refractivity contribution < 1.29 is 18.7 Å². The molecule has 1 atom stereocenters. The molecule has 0 saturated heterocycles. The molecule has 1 aliphatic carbocycles. The Hall–Kier alpha value is -1.65. The number of hydrogen-bond donors (Lipinski definition) is 0. The summed E-state index contributed by atoms with van der Waals surface area (Å²) in [4.78, 5) is 28.3. The number of carbonyl (C=O) groups is 2. The van der Waals surface area contributed by atoms with Crippen LogP contribution in [0, 0.1) is 5.41 Å². The first-order valence-electron chi connectivity index (χ1n) is 6.51. The third-order valence-corrected chi connectivity index (χ3v) is 3.52. The van der Waals surface area contributed by atoms with Gasteiger partial charge in [0.25, 0.3) is 0 Å². The zero-order chi connectivity index (χ0) is 14.2. The van der Waals surface area contributed by atoms with E-state index in [1.54, 1.807) is 0 Å². The van der Waals surface area contributed by atoms with Crippen LogP contribution in [0.25, 0.3) is 0 Å². The van der Waals surface area contributed by atoms with Gasteiger partial charge in [-0.05, 0) is 11.8 Å². The molecule has 5 nitrogen and oxygen atoms in total. The Morgan fingerprint density at radius 1 is 1.53 bits per heavy atom. The Kier molecular flexibility index (Phi) is 3.47. The topological polar surface area (TPSA) is 69.4 Å². The number of fused-ring (bicyclic) bond motifs is 1. The van der Waals surface area contributed by atoms with Crippen molar-refractivity contribution in [1.82, 2.24) is 4.98 Å². The summed E-state index contributed by atoms with van der Waals surface area (Å²) in [5.74, 6) is -0.114. The van der Waals surface area contributed by atoms with Gasteiger partial charge in [0, 0.05) is 12.8 Å². The van der Waals surface area contributed by atoms with Crippen molar-refractivity contribution in [1.29, 1.82) is 0 Å². The summed E-state index contributed by atoms with van der Waals surface area (Å²) < 4.78 is 10.5. The van der Waals surface area contributed by atoms with Crippen molar-refractivity contribution in [2.75, 3.05) is 7.11 Å². The first-order valence-corrected chi connectivity index (χ1v) is 6.51. The summed E-state index contributed by atoms with van der Waals surface area (Å²) in [6, 6.07) is 0. The molecule has 1 aromatic heterocycles. The monoisotopic (exact) mass is 265 g/mol. The van der Waals surface area contributed by atoms with Crippen LogP contribution in [0.15, 0.2) is 4.42 Å². The lowest BCUT2D eigenvalue weighted by molar-refractivity contribution is -0.146. The molecule has 1 aliphatic rings. The lowest BCUT2D eigenvalue weighted by Gasteiger charge is -2.33. The lowest BCUT2D eigenvalue weighted by atomic mass is 9.69. The van der Waals surface area contributed by atoms with Crippen LogP contribution >= 0.6 is 0 Å². The second kappa shape index (κ2) is 4.79. The van der Waals surface area contributed by atoms with Crippen LogP contribution in [-0.4, -0.2) is 23.8 Å². The summed E-state index contributed by atoms with van der Waals surface area (Å²) >= 11 is 0. The number of aryl methyl sites for hydroxylation is 1. The maximum Gasteiger partial charge on any atom is 0.317 e. The van der Waals surface area contributed by atoms with Crippen molar-refractivity contribution >= 4 is 11.8 Å². The maximum absolute atomic E-state index is 12.1. The Morgan fingerprint density at radius 2 is 2.21 bits per heavy atom. The number of nitrogens with zero attached hydrogens (tertiary/aromatic N) is 1. The normalized spacial score (nSPS) is 21.1. The first-order chi connectivity index (χ1) is 8.90.